The first-order chi connectivity index (χ1) is 13.2. The van der Waals surface area contributed by atoms with E-state index in [1.165, 1.54) is 5.56 Å². The lowest BCUT2D eigenvalue weighted by molar-refractivity contribution is -0.133. The summed E-state index contributed by atoms with van der Waals surface area (Å²) in [6.07, 6.45) is 2.90. The Morgan fingerprint density at radius 2 is 2.00 bits per heavy atom. The molecule has 0 radical (unpaired) electrons. The first-order valence-electron chi connectivity index (χ1n) is 9.87. The molecule has 1 aromatic carbocycles. The molecule has 2 unspecified atom stereocenters. The molecule has 6 nitrogen and oxygen atoms in total. The maximum Gasteiger partial charge on any atom is 0.226 e. The molecule has 3 heterocycles. The van der Waals surface area contributed by atoms with E-state index in [0.29, 0.717) is 17.7 Å². The van der Waals surface area contributed by atoms with Gasteiger partial charge in [-0.2, -0.15) is 0 Å². The van der Waals surface area contributed by atoms with Gasteiger partial charge in [-0.15, -0.1) is 22.6 Å². The zero-order valence-corrected chi connectivity index (χ0v) is 17.3. The van der Waals surface area contributed by atoms with Crippen LogP contribution in [-0.4, -0.2) is 45.2 Å². The van der Waals surface area contributed by atoms with Crippen molar-refractivity contribution >= 4 is 29.9 Å². The van der Waals surface area contributed by atoms with Gasteiger partial charge in [0.05, 0.1) is 6.54 Å². The third-order valence-electron chi connectivity index (χ3n) is 6.21. The second-order valence-corrected chi connectivity index (χ2v) is 8.34. The first kappa shape index (κ1) is 19.7. The number of hydrogen-bond donors (Lipinski definition) is 1. The number of carbonyl (C=O) groups excluding carboxylic acids is 1. The van der Waals surface area contributed by atoms with Gasteiger partial charge in [0.2, 0.25) is 5.91 Å². The van der Waals surface area contributed by atoms with E-state index in [-0.39, 0.29) is 18.3 Å². The van der Waals surface area contributed by atoms with Crippen molar-refractivity contribution in [3.63, 3.8) is 0 Å². The largest absolute Gasteiger partial charge is 0.342 e. The van der Waals surface area contributed by atoms with Gasteiger partial charge in [0.25, 0.3) is 0 Å². The maximum atomic E-state index is 12.9. The number of rotatable bonds is 3. The number of likely N-dealkylation sites (tertiary alicyclic amines) is 1. The van der Waals surface area contributed by atoms with E-state index in [0.717, 1.165) is 68.7 Å². The summed E-state index contributed by atoms with van der Waals surface area (Å²) in [7, 11) is 0. The second-order valence-electron chi connectivity index (χ2n) is 7.91. The molecule has 150 valence electrons. The van der Waals surface area contributed by atoms with E-state index in [1.807, 2.05) is 18.2 Å². The molecule has 2 atom stereocenters. The zero-order valence-electron chi connectivity index (χ0n) is 15.7. The Morgan fingerprint density at radius 1 is 1.18 bits per heavy atom. The number of carbonyl (C=O) groups is 1. The highest BCUT2D eigenvalue weighted by molar-refractivity contribution is 6.30. The lowest BCUT2D eigenvalue weighted by Crippen LogP contribution is -2.39. The monoisotopic (exact) mass is 421 g/mol. The number of hydrogen-bond acceptors (Lipinski definition) is 4. The molecule has 8 heteroatoms. The van der Waals surface area contributed by atoms with Crippen LogP contribution in [0.3, 0.4) is 0 Å². The van der Waals surface area contributed by atoms with Crippen LogP contribution >= 0.6 is 24.0 Å². The molecule has 1 saturated heterocycles. The van der Waals surface area contributed by atoms with Gasteiger partial charge >= 0.3 is 0 Å². The average molecular weight is 422 g/mol. The Morgan fingerprint density at radius 3 is 2.79 bits per heavy atom. The fourth-order valence-corrected chi connectivity index (χ4v) is 4.78. The van der Waals surface area contributed by atoms with Crippen LogP contribution in [0.1, 0.15) is 48.3 Å². The lowest BCUT2D eigenvalue weighted by atomic mass is 9.95. The van der Waals surface area contributed by atoms with Gasteiger partial charge in [-0.25, -0.2) is 0 Å². The number of piperidine rings is 1. The van der Waals surface area contributed by atoms with Gasteiger partial charge in [-0.3, -0.25) is 4.79 Å². The molecular formula is C20H25Cl2N5O. The summed E-state index contributed by atoms with van der Waals surface area (Å²) in [5.41, 5.74) is 1.19. The fraction of sp³-hybridized carbons (Fsp3) is 0.550. The van der Waals surface area contributed by atoms with Crippen molar-refractivity contribution in [1.82, 2.24) is 25.0 Å². The summed E-state index contributed by atoms with van der Waals surface area (Å²) in [6.45, 7) is 4.37. The quantitative estimate of drug-likeness (QED) is 0.826. The Labute approximate surface area is 176 Å². The standard InChI is InChI=1S/C20H24ClN5O.ClH/c21-15-3-1-2-14(10-15)16-11-17(16)20(27)25-7-4-13(5-8-25)19-24-23-18-12-22-6-9-26(18)19;/h1-3,10,13,16-17,22H,4-9,11-12H2;1H. The molecule has 5 rings (SSSR count). The van der Waals surface area contributed by atoms with E-state index < -0.39 is 0 Å². The van der Waals surface area contributed by atoms with E-state index in [2.05, 4.69) is 31.0 Å². The molecule has 2 fully saturated rings. The maximum absolute atomic E-state index is 12.9. The van der Waals surface area contributed by atoms with Crippen molar-refractivity contribution < 1.29 is 4.79 Å². The van der Waals surface area contributed by atoms with Crippen molar-refractivity contribution in [1.29, 1.82) is 0 Å². The predicted octanol–water partition coefficient (Wildman–Crippen LogP) is 2.97. The molecule has 1 aromatic heterocycles. The normalized spacial score (nSPS) is 24.4. The second kappa shape index (κ2) is 8.01. The number of fused-ring (bicyclic) bond motifs is 1. The number of halogens is 2. The molecule has 1 aliphatic carbocycles. The van der Waals surface area contributed by atoms with Crippen LogP contribution in [0.15, 0.2) is 24.3 Å². The average Bonchev–Trinajstić information content (AvgIpc) is 3.39. The highest BCUT2D eigenvalue weighted by Crippen LogP contribution is 2.49. The molecule has 2 aliphatic heterocycles. The smallest absolute Gasteiger partial charge is 0.226 e. The Hall–Kier alpha value is -1.63. The van der Waals surface area contributed by atoms with Crippen LogP contribution in [0.25, 0.3) is 0 Å². The Balaban J connectivity index is 0.00000192. The topological polar surface area (TPSA) is 63.1 Å². The van der Waals surface area contributed by atoms with Crippen LogP contribution in [0.2, 0.25) is 5.02 Å². The zero-order chi connectivity index (χ0) is 18.4. The summed E-state index contributed by atoms with van der Waals surface area (Å²) >= 11 is 6.10. The molecule has 28 heavy (non-hydrogen) atoms. The first-order valence-corrected chi connectivity index (χ1v) is 10.3. The summed E-state index contributed by atoms with van der Waals surface area (Å²) in [6, 6.07) is 7.93. The summed E-state index contributed by atoms with van der Waals surface area (Å²) in [5, 5.41) is 12.9. The molecule has 3 aliphatic rings. The van der Waals surface area contributed by atoms with Gasteiger partial charge in [0, 0.05) is 43.0 Å². The Kier molecular flexibility index (Phi) is 5.63. The number of benzene rings is 1. The molecule has 1 saturated carbocycles. The SMILES string of the molecule is Cl.O=C(C1CC1c1cccc(Cl)c1)N1CCC(c2nnc3n2CCNC3)CC1. The van der Waals surface area contributed by atoms with Crippen molar-refractivity contribution in [2.45, 2.75) is 44.2 Å². The molecule has 1 amide bonds. The van der Waals surface area contributed by atoms with E-state index in [9.17, 15) is 4.79 Å². The fourth-order valence-electron chi connectivity index (χ4n) is 4.58. The molecule has 0 spiro atoms. The highest BCUT2D eigenvalue weighted by Gasteiger charge is 2.46. The van der Waals surface area contributed by atoms with Crippen LogP contribution in [0.4, 0.5) is 0 Å². The van der Waals surface area contributed by atoms with Gasteiger partial charge in [0.15, 0.2) is 0 Å². The van der Waals surface area contributed by atoms with Gasteiger partial charge in [-0.1, -0.05) is 23.7 Å². The lowest BCUT2D eigenvalue weighted by Gasteiger charge is -2.32. The van der Waals surface area contributed by atoms with E-state index >= 15 is 0 Å². The predicted molar refractivity (Wildman–Crippen MR) is 110 cm³/mol. The summed E-state index contributed by atoms with van der Waals surface area (Å²) in [5.74, 6) is 3.35. The summed E-state index contributed by atoms with van der Waals surface area (Å²) < 4.78 is 2.27. The molecule has 0 bridgehead atoms. The van der Waals surface area contributed by atoms with Crippen molar-refractivity contribution in [2.24, 2.45) is 5.92 Å². The van der Waals surface area contributed by atoms with Crippen molar-refractivity contribution in [3.05, 3.63) is 46.5 Å². The van der Waals surface area contributed by atoms with E-state index in [4.69, 9.17) is 11.6 Å². The van der Waals surface area contributed by atoms with Crippen molar-refractivity contribution in [2.75, 3.05) is 19.6 Å². The molecule has 1 N–H and O–H groups in total. The minimum absolute atomic E-state index is 0. The minimum Gasteiger partial charge on any atom is -0.342 e. The van der Waals surface area contributed by atoms with Gasteiger partial charge < -0.3 is 14.8 Å². The third-order valence-corrected chi connectivity index (χ3v) is 6.44. The van der Waals surface area contributed by atoms with Crippen LogP contribution in [0, 0.1) is 5.92 Å². The molecule has 2 aromatic rings. The van der Waals surface area contributed by atoms with Crippen molar-refractivity contribution in [3.8, 4) is 0 Å². The van der Waals surface area contributed by atoms with E-state index in [1.54, 1.807) is 0 Å². The van der Waals surface area contributed by atoms with Gasteiger partial charge in [-0.05, 0) is 42.9 Å². The number of aromatic nitrogens is 3. The Bertz CT molecular complexity index is 862. The highest BCUT2D eigenvalue weighted by atomic mass is 35.5. The van der Waals surface area contributed by atoms with Crippen LogP contribution in [0.5, 0.6) is 0 Å². The molecular weight excluding hydrogens is 397 g/mol. The van der Waals surface area contributed by atoms with Crippen LogP contribution < -0.4 is 5.32 Å². The third kappa shape index (κ3) is 3.65. The summed E-state index contributed by atoms with van der Waals surface area (Å²) in [4.78, 5) is 15.0. The van der Waals surface area contributed by atoms with Crippen LogP contribution in [-0.2, 0) is 17.9 Å². The number of nitrogens with one attached hydrogen (secondary N) is 1. The van der Waals surface area contributed by atoms with Gasteiger partial charge in [0.1, 0.15) is 11.6 Å². The minimum atomic E-state index is 0. The number of amides is 1. The number of nitrogens with zero attached hydrogens (tertiary/aromatic N) is 4.